The van der Waals surface area contributed by atoms with E-state index in [2.05, 4.69) is 31.6 Å². The third-order valence-electron chi connectivity index (χ3n) is 3.82. The second kappa shape index (κ2) is 8.64. The normalized spacial score (nSPS) is 11.3. The monoisotopic (exact) mass is 427 g/mol. The standard InChI is InChI=1S/C20H18BrN3O3/c1-13-3-5-15(6-4-13)14(2)23-24-20(25)12-26-18-8-7-16(21)11-17(18)19-9-10-22-27-19/h3-11H,12H2,1-2H3,(H,24,25)/b23-14-. The largest absolute Gasteiger partial charge is 0.483 e. The average molecular weight is 428 g/mol. The first-order chi connectivity index (χ1) is 13.0. The molecule has 0 bridgehead atoms. The lowest BCUT2D eigenvalue weighted by molar-refractivity contribution is -0.123. The van der Waals surface area contributed by atoms with E-state index in [0.29, 0.717) is 22.8 Å². The minimum Gasteiger partial charge on any atom is -0.483 e. The molecule has 0 spiro atoms. The summed E-state index contributed by atoms with van der Waals surface area (Å²) in [7, 11) is 0. The molecule has 138 valence electrons. The van der Waals surface area contributed by atoms with Crippen LogP contribution in [0.2, 0.25) is 0 Å². The molecule has 0 aliphatic heterocycles. The quantitative estimate of drug-likeness (QED) is 0.468. The number of amides is 1. The number of nitrogens with zero attached hydrogens (tertiary/aromatic N) is 2. The average Bonchev–Trinajstić information content (AvgIpc) is 3.20. The van der Waals surface area contributed by atoms with E-state index >= 15 is 0 Å². The van der Waals surface area contributed by atoms with Crippen LogP contribution in [0.4, 0.5) is 0 Å². The molecule has 0 saturated carbocycles. The van der Waals surface area contributed by atoms with Gasteiger partial charge in [-0.2, -0.15) is 5.10 Å². The van der Waals surface area contributed by atoms with Crippen molar-refractivity contribution in [2.45, 2.75) is 13.8 Å². The number of rotatable bonds is 6. The SMILES string of the molecule is C/C(=N/NC(=O)COc1ccc(Br)cc1-c1ccno1)c1ccc(C)cc1. The Hall–Kier alpha value is -2.93. The summed E-state index contributed by atoms with van der Waals surface area (Å²) in [5.41, 5.74) is 6.04. The zero-order chi connectivity index (χ0) is 19.2. The van der Waals surface area contributed by atoms with Crippen LogP contribution in [0.25, 0.3) is 11.3 Å². The summed E-state index contributed by atoms with van der Waals surface area (Å²) >= 11 is 3.41. The first kappa shape index (κ1) is 18.8. The molecule has 0 aliphatic rings. The predicted octanol–water partition coefficient (Wildman–Crippen LogP) is 4.33. The minimum absolute atomic E-state index is 0.173. The van der Waals surface area contributed by atoms with Crippen LogP contribution >= 0.6 is 15.9 Å². The molecular weight excluding hydrogens is 410 g/mol. The van der Waals surface area contributed by atoms with Crippen molar-refractivity contribution in [3.8, 4) is 17.1 Å². The van der Waals surface area contributed by atoms with Crippen molar-refractivity contribution < 1.29 is 14.1 Å². The van der Waals surface area contributed by atoms with Crippen molar-refractivity contribution in [2.24, 2.45) is 5.10 Å². The second-order valence-corrected chi connectivity index (χ2v) is 6.82. The number of hydrazone groups is 1. The number of hydrogen-bond donors (Lipinski definition) is 1. The number of aryl methyl sites for hydroxylation is 1. The molecule has 0 aliphatic carbocycles. The fraction of sp³-hybridized carbons (Fsp3) is 0.150. The number of benzene rings is 2. The van der Waals surface area contributed by atoms with E-state index in [1.54, 1.807) is 18.3 Å². The van der Waals surface area contributed by atoms with Gasteiger partial charge in [-0.3, -0.25) is 4.79 Å². The van der Waals surface area contributed by atoms with Crippen molar-refractivity contribution in [3.63, 3.8) is 0 Å². The van der Waals surface area contributed by atoms with E-state index in [9.17, 15) is 4.79 Å². The summed E-state index contributed by atoms with van der Waals surface area (Å²) in [5, 5.41) is 7.83. The Morgan fingerprint density at radius 1 is 1.22 bits per heavy atom. The second-order valence-electron chi connectivity index (χ2n) is 5.90. The lowest BCUT2D eigenvalue weighted by Gasteiger charge is -2.10. The van der Waals surface area contributed by atoms with Crippen LogP contribution < -0.4 is 10.2 Å². The zero-order valence-electron chi connectivity index (χ0n) is 14.9. The van der Waals surface area contributed by atoms with Gasteiger partial charge in [-0.05, 0) is 37.6 Å². The summed E-state index contributed by atoms with van der Waals surface area (Å²) in [6, 6.07) is 15.1. The summed E-state index contributed by atoms with van der Waals surface area (Å²) in [6.07, 6.45) is 1.55. The highest BCUT2D eigenvalue weighted by molar-refractivity contribution is 9.10. The van der Waals surface area contributed by atoms with E-state index in [1.807, 2.05) is 50.2 Å². The summed E-state index contributed by atoms with van der Waals surface area (Å²) < 4.78 is 11.7. The van der Waals surface area contributed by atoms with Gasteiger partial charge in [0.15, 0.2) is 12.4 Å². The van der Waals surface area contributed by atoms with E-state index < -0.39 is 0 Å². The van der Waals surface area contributed by atoms with Crippen LogP contribution in [-0.4, -0.2) is 23.4 Å². The fourth-order valence-corrected chi connectivity index (χ4v) is 2.72. The van der Waals surface area contributed by atoms with Gasteiger partial charge in [-0.15, -0.1) is 0 Å². The molecule has 0 radical (unpaired) electrons. The Morgan fingerprint density at radius 2 is 2.00 bits per heavy atom. The van der Waals surface area contributed by atoms with Gasteiger partial charge in [-0.25, -0.2) is 5.43 Å². The predicted molar refractivity (Wildman–Crippen MR) is 107 cm³/mol. The number of hydrogen-bond acceptors (Lipinski definition) is 5. The fourth-order valence-electron chi connectivity index (χ4n) is 2.36. The Balaban J connectivity index is 1.63. The van der Waals surface area contributed by atoms with Crippen molar-refractivity contribution in [3.05, 3.63) is 70.3 Å². The number of nitrogens with one attached hydrogen (secondary N) is 1. The maximum Gasteiger partial charge on any atom is 0.277 e. The molecule has 3 rings (SSSR count). The van der Waals surface area contributed by atoms with Gasteiger partial charge < -0.3 is 9.26 Å². The van der Waals surface area contributed by atoms with E-state index in [-0.39, 0.29) is 12.5 Å². The van der Waals surface area contributed by atoms with Crippen molar-refractivity contribution >= 4 is 27.5 Å². The molecule has 1 N–H and O–H groups in total. The molecule has 2 aromatic carbocycles. The van der Waals surface area contributed by atoms with E-state index in [1.165, 1.54) is 5.56 Å². The van der Waals surface area contributed by atoms with Crippen LogP contribution in [0.1, 0.15) is 18.1 Å². The van der Waals surface area contributed by atoms with Gasteiger partial charge in [0.05, 0.1) is 17.5 Å². The molecular formula is C20H18BrN3O3. The number of carbonyl (C=O) groups excluding carboxylic acids is 1. The van der Waals surface area contributed by atoms with E-state index in [4.69, 9.17) is 9.26 Å². The number of carbonyl (C=O) groups is 1. The zero-order valence-corrected chi connectivity index (χ0v) is 16.5. The lowest BCUT2D eigenvalue weighted by Crippen LogP contribution is -2.25. The molecule has 1 amide bonds. The maximum atomic E-state index is 12.1. The molecule has 7 heteroatoms. The van der Waals surface area contributed by atoms with Gasteiger partial charge in [0.25, 0.3) is 5.91 Å². The van der Waals surface area contributed by atoms with Crippen LogP contribution in [0, 0.1) is 6.92 Å². The molecule has 1 heterocycles. The van der Waals surface area contributed by atoms with Crippen LogP contribution in [0.15, 0.2) is 68.8 Å². The van der Waals surface area contributed by atoms with Gasteiger partial charge in [0.2, 0.25) is 0 Å². The van der Waals surface area contributed by atoms with Crippen molar-refractivity contribution in [2.75, 3.05) is 6.61 Å². The highest BCUT2D eigenvalue weighted by Crippen LogP contribution is 2.32. The van der Waals surface area contributed by atoms with Crippen LogP contribution in [0.5, 0.6) is 5.75 Å². The first-order valence-electron chi connectivity index (χ1n) is 8.26. The molecule has 0 saturated heterocycles. The number of halogens is 1. The highest BCUT2D eigenvalue weighted by atomic mass is 79.9. The van der Waals surface area contributed by atoms with E-state index in [0.717, 1.165) is 10.0 Å². The van der Waals surface area contributed by atoms with Crippen LogP contribution in [-0.2, 0) is 4.79 Å². The Bertz CT molecular complexity index is 951. The molecule has 0 unspecified atom stereocenters. The van der Waals surface area contributed by atoms with Gasteiger partial charge in [0, 0.05) is 10.5 Å². The van der Waals surface area contributed by atoms with Crippen molar-refractivity contribution in [1.82, 2.24) is 10.6 Å². The third-order valence-corrected chi connectivity index (χ3v) is 4.31. The summed E-state index contributed by atoms with van der Waals surface area (Å²) in [5.74, 6) is 0.720. The van der Waals surface area contributed by atoms with Gasteiger partial charge in [-0.1, -0.05) is 50.9 Å². The van der Waals surface area contributed by atoms with Gasteiger partial charge in [0.1, 0.15) is 5.75 Å². The lowest BCUT2D eigenvalue weighted by atomic mass is 10.1. The first-order valence-corrected chi connectivity index (χ1v) is 9.06. The number of ether oxygens (including phenoxy) is 1. The maximum absolute atomic E-state index is 12.1. The summed E-state index contributed by atoms with van der Waals surface area (Å²) in [4.78, 5) is 12.1. The highest BCUT2D eigenvalue weighted by Gasteiger charge is 2.12. The minimum atomic E-state index is -0.354. The Kier molecular flexibility index (Phi) is 6.03. The van der Waals surface area contributed by atoms with Crippen LogP contribution in [0.3, 0.4) is 0 Å². The smallest absolute Gasteiger partial charge is 0.277 e. The molecule has 6 nitrogen and oxygen atoms in total. The molecule has 27 heavy (non-hydrogen) atoms. The molecule has 3 aromatic rings. The summed E-state index contributed by atoms with van der Waals surface area (Å²) in [6.45, 7) is 3.68. The Labute approximate surface area is 165 Å². The Morgan fingerprint density at radius 3 is 2.70 bits per heavy atom. The molecule has 0 fully saturated rings. The molecule has 0 atom stereocenters. The number of aromatic nitrogens is 1. The molecule has 1 aromatic heterocycles. The third kappa shape index (κ3) is 5.04. The topological polar surface area (TPSA) is 76.7 Å². The van der Waals surface area contributed by atoms with Crippen molar-refractivity contribution in [1.29, 1.82) is 0 Å². The van der Waals surface area contributed by atoms with Gasteiger partial charge >= 0.3 is 0 Å².